The molecule has 0 radical (unpaired) electrons. The Morgan fingerprint density at radius 2 is 1.75 bits per heavy atom. The van der Waals surface area contributed by atoms with Crippen LogP contribution in [0, 0.1) is 0 Å². The first-order valence-corrected chi connectivity index (χ1v) is 9.10. The highest BCUT2D eigenvalue weighted by Crippen LogP contribution is 2.33. The average molecular weight is 376 g/mol. The van der Waals surface area contributed by atoms with Gasteiger partial charge in [0.05, 0.1) is 5.56 Å². The second-order valence-electron chi connectivity index (χ2n) is 6.16. The van der Waals surface area contributed by atoms with Gasteiger partial charge in [0.25, 0.3) is 5.91 Å². The minimum atomic E-state index is -0.139. The van der Waals surface area contributed by atoms with Crippen LogP contribution in [0.25, 0.3) is 0 Å². The molecule has 1 aromatic heterocycles. The molecule has 0 saturated carbocycles. The van der Waals surface area contributed by atoms with Crippen LogP contribution >= 0.6 is 0 Å². The molecule has 28 heavy (non-hydrogen) atoms. The minimum absolute atomic E-state index is 0.139. The van der Waals surface area contributed by atoms with E-state index in [1.54, 1.807) is 4.90 Å². The van der Waals surface area contributed by atoms with Crippen molar-refractivity contribution in [1.29, 1.82) is 0 Å². The molecule has 7 nitrogen and oxygen atoms in total. The molecule has 0 spiro atoms. The van der Waals surface area contributed by atoms with Crippen LogP contribution in [-0.4, -0.2) is 35.6 Å². The van der Waals surface area contributed by atoms with Crippen LogP contribution in [-0.2, 0) is 0 Å². The molecule has 0 bridgehead atoms. The zero-order valence-corrected chi connectivity index (χ0v) is 15.5. The quantitative estimate of drug-likeness (QED) is 0.732. The van der Waals surface area contributed by atoms with E-state index in [1.165, 1.54) is 12.4 Å². The van der Waals surface area contributed by atoms with E-state index in [9.17, 15) is 4.79 Å². The Kier molecular flexibility index (Phi) is 5.05. The molecular weight excluding hydrogens is 356 g/mol. The summed E-state index contributed by atoms with van der Waals surface area (Å²) in [5.74, 6) is 1.67. The van der Waals surface area contributed by atoms with Gasteiger partial charge in [0.15, 0.2) is 11.5 Å². The first-order valence-electron chi connectivity index (χ1n) is 9.10. The molecule has 0 saturated heterocycles. The zero-order chi connectivity index (χ0) is 19.3. The molecule has 1 amide bonds. The van der Waals surface area contributed by atoms with Gasteiger partial charge in [-0.3, -0.25) is 4.79 Å². The molecule has 0 fully saturated rings. The Hall–Kier alpha value is -3.61. The Bertz CT molecular complexity index is 961. The number of hydrogen-bond donors (Lipinski definition) is 1. The first kappa shape index (κ1) is 17.8. The monoisotopic (exact) mass is 376 g/mol. The van der Waals surface area contributed by atoms with E-state index in [0.29, 0.717) is 37.0 Å². The summed E-state index contributed by atoms with van der Waals surface area (Å²) in [5, 5.41) is 3.11. The Morgan fingerprint density at radius 1 is 1.04 bits per heavy atom. The topological polar surface area (TPSA) is 76.6 Å². The number of ether oxygens (including phenoxy) is 2. The third-order valence-corrected chi connectivity index (χ3v) is 4.33. The highest BCUT2D eigenvalue weighted by atomic mass is 16.6. The summed E-state index contributed by atoms with van der Waals surface area (Å²) < 4.78 is 11.1. The van der Waals surface area contributed by atoms with Crippen LogP contribution in [0.4, 0.5) is 17.3 Å². The summed E-state index contributed by atoms with van der Waals surface area (Å²) in [5.41, 5.74) is 2.05. The van der Waals surface area contributed by atoms with Gasteiger partial charge in [-0.25, -0.2) is 9.97 Å². The summed E-state index contributed by atoms with van der Waals surface area (Å²) in [4.78, 5) is 23.0. The van der Waals surface area contributed by atoms with E-state index in [1.807, 2.05) is 55.5 Å². The van der Waals surface area contributed by atoms with Crippen molar-refractivity contribution in [2.75, 3.05) is 30.0 Å². The summed E-state index contributed by atoms with van der Waals surface area (Å²) in [7, 11) is 0. The number of amides is 1. The molecule has 1 aliphatic heterocycles. The van der Waals surface area contributed by atoms with E-state index in [2.05, 4.69) is 15.3 Å². The van der Waals surface area contributed by atoms with Crippen molar-refractivity contribution in [3.63, 3.8) is 0 Å². The van der Waals surface area contributed by atoms with Crippen LogP contribution in [0.15, 0.2) is 60.9 Å². The zero-order valence-electron chi connectivity index (χ0n) is 15.5. The van der Waals surface area contributed by atoms with Gasteiger partial charge in [0, 0.05) is 36.4 Å². The van der Waals surface area contributed by atoms with Crippen molar-refractivity contribution in [3.8, 4) is 11.5 Å². The third kappa shape index (κ3) is 3.73. The van der Waals surface area contributed by atoms with E-state index in [0.717, 1.165) is 17.1 Å². The van der Waals surface area contributed by atoms with Crippen molar-refractivity contribution in [2.45, 2.75) is 6.92 Å². The van der Waals surface area contributed by atoms with Crippen molar-refractivity contribution in [1.82, 2.24) is 9.97 Å². The van der Waals surface area contributed by atoms with E-state index in [4.69, 9.17) is 9.47 Å². The van der Waals surface area contributed by atoms with Crippen molar-refractivity contribution < 1.29 is 14.3 Å². The second kappa shape index (κ2) is 7.96. The van der Waals surface area contributed by atoms with Crippen molar-refractivity contribution >= 4 is 23.2 Å². The van der Waals surface area contributed by atoms with Gasteiger partial charge in [-0.2, -0.15) is 0 Å². The molecule has 1 aliphatic rings. The van der Waals surface area contributed by atoms with Crippen LogP contribution < -0.4 is 19.7 Å². The predicted octanol–water partition coefficient (Wildman–Crippen LogP) is 3.66. The standard InChI is InChI=1S/C21H20N4O3/c1-2-25(17-6-4-3-5-7-17)20(26)15-13-22-21(23-14-15)24-16-8-9-18-19(12-16)28-11-10-27-18/h3-9,12-14H,2,10-11H2,1H3,(H,22,23,24). The fourth-order valence-electron chi connectivity index (χ4n) is 2.96. The van der Waals surface area contributed by atoms with Gasteiger partial charge < -0.3 is 19.7 Å². The smallest absolute Gasteiger partial charge is 0.261 e. The van der Waals surface area contributed by atoms with Gasteiger partial charge in [0.1, 0.15) is 13.2 Å². The van der Waals surface area contributed by atoms with Gasteiger partial charge >= 0.3 is 0 Å². The van der Waals surface area contributed by atoms with Crippen LogP contribution in [0.3, 0.4) is 0 Å². The van der Waals surface area contributed by atoms with Crippen molar-refractivity contribution in [3.05, 3.63) is 66.5 Å². The summed E-state index contributed by atoms with van der Waals surface area (Å²) in [6.45, 7) is 3.57. The number of nitrogens with one attached hydrogen (secondary N) is 1. The second-order valence-corrected chi connectivity index (χ2v) is 6.16. The van der Waals surface area contributed by atoms with Crippen LogP contribution in [0.5, 0.6) is 11.5 Å². The molecule has 3 aromatic rings. The number of hydrogen-bond acceptors (Lipinski definition) is 6. The number of nitrogens with zero attached hydrogens (tertiary/aromatic N) is 3. The van der Waals surface area contributed by atoms with Crippen LogP contribution in [0.2, 0.25) is 0 Å². The van der Waals surface area contributed by atoms with E-state index in [-0.39, 0.29) is 5.91 Å². The number of para-hydroxylation sites is 1. The van der Waals surface area contributed by atoms with E-state index >= 15 is 0 Å². The molecule has 1 N–H and O–H groups in total. The van der Waals surface area contributed by atoms with Gasteiger partial charge in [0.2, 0.25) is 5.95 Å². The predicted molar refractivity (Wildman–Crippen MR) is 107 cm³/mol. The lowest BCUT2D eigenvalue weighted by Crippen LogP contribution is -2.30. The van der Waals surface area contributed by atoms with Gasteiger partial charge in [-0.05, 0) is 31.2 Å². The molecular formula is C21H20N4O3. The molecule has 0 atom stereocenters. The Balaban J connectivity index is 1.48. The lowest BCUT2D eigenvalue weighted by Gasteiger charge is -2.21. The maximum Gasteiger partial charge on any atom is 0.261 e. The van der Waals surface area contributed by atoms with Crippen LogP contribution in [0.1, 0.15) is 17.3 Å². The summed E-state index contributed by atoms with van der Waals surface area (Å²) >= 11 is 0. The molecule has 2 aromatic carbocycles. The summed E-state index contributed by atoms with van der Waals surface area (Å²) in [6.07, 6.45) is 3.06. The lowest BCUT2D eigenvalue weighted by molar-refractivity contribution is 0.0987. The number of benzene rings is 2. The highest BCUT2D eigenvalue weighted by Gasteiger charge is 2.17. The SMILES string of the molecule is CCN(C(=O)c1cnc(Nc2ccc3c(c2)OCCO3)nc1)c1ccccc1. The minimum Gasteiger partial charge on any atom is -0.486 e. The molecule has 0 unspecified atom stereocenters. The fourth-order valence-corrected chi connectivity index (χ4v) is 2.96. The van der Waals surface area contributed by atoms with Crippen molar-refractivity contribution in [2.24, 2.45) is 0 Å². The molecule has 0 aliphatic carbocycles. The van der Waals surface area contributed by atoms with Gasteiger partial charge in [-0.1, -0.05) is 18.2 Å². The Labute approximate surface area is 163 Å². The fraction of sp³-hybridized carbons (Fsp3) is 0.190. The largest absolute Gasteiger partial charge is 0.486 e. The number of fused-ring (bicyclic) bond motifs is 1. The maximum absolute atomic E-state index is 12.8. The third-order valence-electron chi connectivity index (χ3n) is 4.33. The lowest BCUT2D eigenvalue weighted by atomic mass is 10.2. The molecule has 2 heterocycles. The maximum atomic E-state index is 12.8. The summed E-state index contributed by atoms with van der Waals surface area (Å²) in [6, 6.07) is 15.1. The number of carbonyl (C=O) groups is 1. The average Bonchev–Trinajstić information content (AvgIpc) is 2.75. The number of carbonyl (C=O) groups excluding carboxylic acids is 1. The highest BCUT2D eigenvalue weighted by molar-refractivity contribution is 6.05. The first-order chi connectivity index (χ1) is 13.7. The van der Waals surface area contributed by atoms with Gasteiger partial charge in [-0.15, -0.1) is 0 Å². The normalized spacial score (nSPS) is 12.3. The number of anilines is 3. The Morgan fingerprint density at radius 3 is 2.46 bits per heavy atom. The molecule has 142 valence electrons. The van der Waals surface area contributed by atoms with E-state index < -0.39 is 0 Å². The molecule has 7 heteroatoms. The molecule has 4 rings (SSSR count). The number of aromatic nitrogens is 2. The number of rotatable bonds is 5.